The second-order valence-corrected chi connectivity index (χ2v) is 4.71. The number of amides is 1. The Morgan fingerprint density at radius 1 is 1.43 bits per heavy atom. The van der Waals surface area contributed by atoms with Crippen LogP contribution < -0.4 is 11.1 Å². The first-order chi connectivity index (χ1) is 9.60. The fraction of sp³-hybridized carbons (Fsp3) is 0.333. The highest BCUT2D eigenvalue weighted by atomic mass is 19.1. The predicted octanol–water partition coefficient (Wildman–Crippen LogP) is 1.20. The van der Waals surface area contributed by atoms with Crippen LogP contribution in [-0.2, 0) is 9.53 Å². The number of carbonyl (C=O) groups excluding carboxylic acids is 2. The number of nitrogens with two attached hydrogens (primary N) is 1. The molecule has 0 spiro atoms. The van der Waals surface area contributed by atoms with E-state index in [1.165, 1.54) is 13.8 Å². The molecule has 0 radical (unpaired) electrons. The van der Waals surface area contributed by atoms with Gasteiger partial charge < -0.3 is 15.8 Å². The summed E-state index contributed by atoms with van der Waals surface area (Å²) >= 11 is 0. The topological polar surface area (TPSA) is 125 Å². The molecule has 9 heteroatoms. The van der Waals surface area contributed by atoms with E-state index in [9.17, 15) is 24.1 Å². The molecular weight excluding hydrogens is 285 g/mol. The zero-order chi connectivity index (χ0) is 16.4. The Balaban J connectivity index is 3.43. The Kier molecular flexibility index (Phi) is 4.46. The Hall–Kier alpha value is -2.71. The molecule has 0 saturated heterocycles. The number of anilines is 1. The Labute approximate surface area is 119 Å². The minimum absolute atomic E-state index is 0.217. The highest BCUT2D eigenvalue weighted by Gasteiger charge is 2.30. The second kappa shape index (κ2) is 5.73. The first-order valence-electron chi connectivity index (χ1n) is 5.74. The molecule has 0 unspecified atom stereocenters. The van der Waals surface area contributed by atoms with Crippen molar-refractivity contribution >= 4 is 23.3 Å². The molecule has 1 rings (SSSR count). The summed E-state index contributed by atoms with van der Waals surface area (Å²) in [5.41, 5.74) is 2.48. The summed E-state index contributed by atoms with van der Waals surface area (Å²) in [6.45, 7) is 2.78. The normalized spacial score (nSPS) is 10.9. The minimum Gasteiger partial charge on any atom is -0.465 e. The maximum atomic E-state index is 13.7. The first-order valence-corrected chi connectivity index (χ1v) is 5.74. The van der Waals surface area contributed by atoms with Crippen molar-refractivity contribution in [1.29, 1.82) is 0 Å². The molecule has 0 aromatic heterocycles. The Morgan fingerprint density at radius 3 is 2.43 bits per heavy atom. The van der Waals surface area contributed by atoms with E-state index in [-0.39, 0.29) is 5.69 Å². The smallest absolute Gasteiger partial charge is 0.340 e. The highest BCUT2D eigenvalue weighted by molar-refractivity contribution is 5.93. The number of hydrogen-bond donors (Lipinski definition) is 2. The molecule has 0 bridgehead atoms. The van der Waals surface area contributed by atoms with Gasteiger partial charge in [0.05, 0.1) is 23.7 Å². The number of nitro groups is 1. The van der Waals surface area contributed by atoms with Gasteiger partial charge in [-0.2, -0.15) is 0 Å². The van der Waals surface area contributed by atoms with Crippen molar-refractivity contribution in [3.63, 3.8) is 0 Å². The molecule has 114 valence electrons. The monoisotopic (exact) mass is 299 g/mol. The van der Waals surface area contributed by atoms with Gasteiger partial charge in [-0.3, -0.25) is 14.9 Å². The molecule has 0 aliphatic heterocycles. The van der Waals surface area contributed by atoms with E-state index < -0.39 is 39.4 Å². The zero-order valence-electron chi connectivity index (χ0n) is 11.6. The number of nitrogens with one attached hydrogen (secondary N) is 1. The number of carbonyl (C=O) groups is 2. The molecule has 1 aromatic carbocycles. The predicted molar refractivity (Wildman–Crippen MR) is 71.3 cm³/mol. The molecule has 3 N–H and O–H groups in total. The summed E-state index contributed by atoms with van der Waals surface area (Å²) in [6.07, 6.45) is 0. The van der Waals surface area contributed by atoms with Gasteiger partial charge in [-0.1, -0.05) is 0 Å². The average molecular weight is 299 g/mol. The third kappa shape index (κ3) is 3.44. The van der Waals surface area contributed by atoms with Crippen LogP contribution in [0.4, 0.5) is 15.8 Å². The molecule has 0 aliphatic carbocycles. The summed E-state index contributed by atoms with van der Waals surface area (Å²) in [7, 11) is 1.05. The standard InChI is InChI=1S/C12H14FN3O5/c1-12(2,11(14)18)15-8-4-6(10(17)21-3)7(13)5-9(8)16(19)20/h4-5,15H,1-3H3,(H2,14,18). The third-order valence-corrected chi connectivity index (χ3v) is 2.75. The van der Waals surface area contributed by atoms with E-state index >= 15 is 0 Å². The molecule has 0 atom stereocenters. The van der Waals surface area contributed by atoms with E-state index in [0.29, 0.717) is 6.07 Å². The van der Waals surface area contributed by atoms with Crippen molar-refractivity contribution in [2.45, 2.75) is 19.4 Å². The largest absolute Gasteiger partial charge is 0.465 e. The lowest BCUT2D eigenvalue weighted by Gasteiger charge is -2.23. The molecule has 21 heavy (non-hydrogen) atoms. The van der Waals surface area contributed by atoms with E-state index in [1.54, 1.807) is 0 Å². The summed E-state index contributed by atoms with van der Waals surface area (Å²) in [5, 5.41) is 13.5. The van der Waals surface area contributed by atoms with Crippen LogP contribution in [0, 0.1) is 15.9 Å². The van der Waals surface area contributed by atoms with Gasteiger partial charge in [0.15, 0.2) is 0 Å². The van der Waals surface area contributed by atoms with Gasteiger partial charge in [-0.15, -0.1) is 0 Å². The van der Waals surface area contributed by atoms with E-state index in [0.717, 1.165) is 13.2 Å². The lowest BCUT2D eigenvalue weighted by molar-refractivity contribution is -0.384. The number of primary amides is 1. The van der Waals surface area contributed by atoms with Crippen LogP contribution in [-0.4, -0.2) is 29.4 Å². The van der Waals surface area contributed by atoms with Crippen LogP contribution in [0.1, 0.15) is 24.2 Å². The summed E-state index contributed by atoms with van der Waals surface area (Å²) < 4.78 is 18.1. The quantitative estimate of drug-likeness (QED) is 0.478. The maximum absolute atomic E-state index is 13.7. The highest BCUT2D eigenvalue weighted by Crippen LogP contribution is 2.30. The van der Waals surface area contributed by atoms with Gasteiger partial charge in [0.2, 0.25) is 5.91 Å². The number of nitro benzene ring substituents is 1. The SMILES string of the molecule is COC(=O)c1cc(NC(C)(C)C(N)=O)c([N+](=O)[O-])cc1F. The van der Waals surface area contributed by atoms with E-state index in [4.69, 9.17) is 5.73 Å². The fourth-order valence-corrected chi connectivity index (χ4v) is 1.48. The first kappa shape index (κ1) is 16.3. The number of rotatable bonds is 5. The van der Waals surface area contributed by atoms with E-state index in [1.807, 2.05) is 0 Å². The van der Waals surface area contributed by atoms with Crippen molar-refractivity contribution in [2.75, 3.05) is 12.4 Å². The Morgan fingerprint density at radius 2 is 2.00 bits per heavy atom. The molecule has 0 heterocycles. The lowest BCUT2D eigenvalue weighted by Crippen LogP contribution is -2.45. The zero-order valence-corrected chi connectivity index (χ0v) is 11.6. The van der Waals surface area contributed by atoms with Crippen LogP contribution >= 0.6 is 0 Å². The molecular formula is C12H14FN3O5. The number of ether oxygens (including phenoxy) is 1. The van der Waals surface area contributed by atoms with Gasteiger partial charge in [0.1, 0.15) is 17.0 Å². The van der Waals surface area contributed by atoms with Crippen molar-refractivity contribution in [3.05, 3.63) is 33.6 Å². The summed E-state index contributed by atoms with van der Waals surface area (Å²) in [5.74, 6) is -2.88. The molecule has 0 aliphatic rings. The van der Waals surface area contributed by atoms with Crippen LogP contribution in [0.25, 0.3) is 0 Å². The lowest BCUT2D eigenvalue weighted by atomic mass is 10.0. The van der Waals surface area contributed by atoms with Gasteiger partial charge in [0, 0.05) is 0 Å². The van der Waals surface area contributed by atoms with Gasteiger partial charge in [0.25, 0.3) is 5.69 Å². The average Bonchev–Trinajstić information content (AvgIpc) is 2.38. The third-order valence-electron chi connectivity index (χ3n) is 2.75. The Bertz CT molecular complexity index is 615. The number of benzene rings is 1. The van der Waals surface area contributed by atoms with Crippen LogP contribution in [0.5, 0.6) is 0 Å². The number of esters is 1. The van der Waals surface area contributed by atoms with Crippen molar-refractivity contribution in [1.82, 2.24) is 0 Å². The number of halogens is 1. The molecule has 0 fully saturated rings. The maximum Gasteiger partial charge on any atom is 0.340 e. The fourth-order valence-electron chi connectivity index (χ4n) is 1.48. The summed E-state index contributed by atoms with van der Waals surface area (Å²) in [6, 6.07) is 1.48. The number of methoxy groups -OCH3 is 1. The molecule has 8 nitrogen and oxygen atoms in total. The second-order valence-electron chi connectivity index (χ2n) is 4.71. The van der Waals surface area contributed by atoms with Gasteiger partial charge in [-0.25, -0.2) is 9.18 Å². The van der Waals surface area contributed by atoms with Crippen molar-refractivity contribution < 1.29 is 23.6 Å². The van der Waals surface area contributed by atoms with Crippen LogP contribution in [0.3, 0.4) is 0 Å². The van der Waals surface area contributed by atoms with Gasteiger partial charge >= 0.3 is 5.97 Å². The van der Waals surface area contributed by atoms with Crippen molar-refractivity contribution in [2.24, 2.45) is 5.73 Å². The number of hydrogen-bond acceptors (Lipinski definition) is 6. The molecule has 1 amide bonds. The van der Waals surface area contributed by atoms with Crippen molar-refractivity contribution in [3.8, 4) is 0 Å². The van der Waals surface area contributed by atoms with Gasteiger partial charge in [-0.05, 0) is 19.9 Å². The number of nitrogens with zero attached hydrogens (tertiary/aromatic N) is 1. The molecule has 0 saturated carbocycles. The minimum atomic E-state index is -1.34. The molecule has 1 aromatic rings. The van der Waals surface area contributed by atoms with Crippen LogP contribution in [0.15, 0.2) is 12.1 Å². The van der Waals surface area contributed by atoms with E-state index in [2.05, 4.69) is 10.1 Å². The van der Waals surface area contributed by atoms with Crippen LogP contribution in [0.2, 0.25) is 0 Å². The summed E-state index contributed by atoms with van der Waals surface area (Å²) in [4.78, 5) is 32.8.